The van der Waals surface area contributed by atoms with Gasteiger partial charge in [-0.3, -0.25) is 14.4 Å². The SMILES string of the molecule is CCOc1ccc([C@H]2C(C#N)=C(SCC(=O)Nc3cc(C)ccc3C)NC(=O)[C@@H]2C(=O)OC)cc1Cl. The van der Waals surface area contributed by atoms with Gasteiger partial charge >= 0.3 is 5.97 Å². The molecule has 1 heterocycles. The number of hydrogen-bond acceptors (Lipinski definition) is 7. The van der Waals surface area contributed by atoms with Crippen LogP contribution in [0.15, 0.2) is 47.0 Å². The molecule has 0 aliphatic carbocycles. The summed E-state index contributed by atoms with van der Waals surface area (Å²) in [7, 11) is 1.18. The van der Waals surface area contributed by atoms with Crippen LogP contribution in [-0.2, 0) is 19.1 Å². The van der Waals surface area contributed by atoms with Crippen molar-refractivity contribution < 1.29 is 23.9 Å². The van der Waals surface area contributed by atoms with Crippen LogP contribution in [-0.4, -0.2) is 37.3 Å². The topological polar surface area (TPSA) is 118 Å². The molecule has 2 aromatic carbocycles. The second kappa shape index (κ2) is 12.0. The molecule has 0 fully saturated rings. The highest BCUT2D eigenvalue weighted by molar-refractivity contribution is 8.03. The fourth-order valence-corrected chi connectivity index (χ4v) is 4.95. The van der Waals surface area contributed by atoms with Crippen LogP contribution in [0.1, 0.15) is 29.5 Å². The molecule has 2 aromatic rings. The van der Waals surface area contributed by atoms with Gasteiger partial charge in [-0.2, -0.15) is 5.26 Å². The van der Waals surface area contributed by atoms with Gasteiger partial charge in [-0.15, -0.1) is 0 Å². The minimum Gasteiger partial charge on any atom is -0.492 e. The largest absolute Gasteiger partial charge is 0.492 e. The average molecular weight is 528 g/mol. The zero-order chi connectivity index (χ0) is 26.4. The van der Waals surface area contributed by atoms with Gasteiger partial charge in [0.2, 0.25) is 11.8 Å². The first-order valence-electron chi connectivity index (χ1n) is 11.1. The summed E-state index contributed by atoms with van der Waals surface area (Å²) in [6.07, 6.45) is 0. The highest BCUT2D eigenvalue weighted by Gasteiger charge is 2.44. The van der Waals surface area contributed by atoms with Crippen LogP contribution in [0.25, 0.3) is 0 Å². The van der Waals surface area contributed by atoms with Gasteiger partial charge in [-0.1, -0.05) is 41.6 Å². The molecule has 188 valence electrons. The average Bonchev–Trinajstić information content (AvgIpc) is 2.85. The number of rotatable bonds is 8. The quantitative estimate of drug-likeness (QED) is 0.384. The van der Waals surface area contributed by atoms with Crippen LogP contribution in [0.5, 0.6) is 5.75 Å². The van der Waals surface area contributed by atoms with E-state index >= 15 is 0 Å². The number of nitriles is 1. The lowest BCUT2D eigenvalue weighted by molar-refractivity contribution is -0.150. The number of hydrogen-bond donors (Lipinski definition) is 2. The van der Waals surface area contributed by atoms with Crippen molar-refractivity contribution in [1.82, 2.24) is 5.32 Å². The van der Waals surface area contributed by atoms with Gasteiger partial charge in [0.05, 0.1) is 41.2 Å². The molecule has 36 heavy (non-hydrogen) atoms. The van der Waals surface area contributed by atoms with Crippen molar-refractivity contribution >= 4 is 46.8 Å². The van der Waals surface area contributed by atoms with E-state index in [1.807, 2.05) is 39.0 Å². The molecule has 0 radical (unpaired) electrons. The zero-order valence-corrected chi connectivity index (χ0v) is 21.9. The summed E-state index contributed by atoms with van der Waals surface area (Å²) in [5.74, 6) is -3.59. The van der Waals surface area contributed by atoms with E-state index in [-0.39, 0.29) is 27.3 Å². The second-order valence-electron chi connectivity index (χ2n) is 8.10. The van der Waals surface area contributed by atoms with Crippen LogP contribution in [0.2, 0.25) is 5.02 Å². The van der Waals surface area contributed by atoms with Gasteiger partial charge in [0.15, 0.2) is 0 Å². The number of ether oxygens (including phenoxy) is 2. The number of carbonyl (C=O) groups excluding carboxylic acids is 3. The van der Waals surface area contributed by atoms with E-state index < -0.39 is 23.7 Å². The Labute approximate surface area is 219 Å². The first-order chi connectivity index (χ1) is 17.2. The van der Waals surface area contributed by atoms with Crippen LogP contribution in [0.3, 0.4) is 0 Å². The van der Waals surface area contributed by atoms with Gasteiger partial charge in [0.25, 0.3) is 0 Å². The van der Waals surface area contributed by atoms with Crippen LogP contribution >= 0.6 is 23.4 Å². The van der Waals surface area contributed by atoms with Crippen LogP contribution in [0.4, 0.5) is 5.69 Å². The Bertz CT molecular complexity index is 1270. The maximum Gasteiger partial charge on any atom is 0.319 e. The third kappa shape index (κ3) is 6.01. The van der Waals surface area contributed by atoms with Crippen molar-refractivity contribution in [2.75, 3.05) is 24.8 Å². The summed E-state index contributed by atoms with van der Waals surface area (Å²) >= 11 is 7.37. The minimum absolute atomic E-state index is 0.0617. The summed E-state index contributed by atoms with van der Waals surface area (Å²) in [5, 5.41) is 16.0. The Hall–Kier alpha value is -3.48. The lowest BCUT2D eigenvalue weighted by Crippen LogP contribution is -2.44. The number of nitrogens with zero attached hydrogens (tertiary/aromatic N) is 1. The molecule has 1 aliphatic heterocycles. The Morgan fingerprint density at radius 3 is 2.61 bits per heavy atom. The van der Waals surface area contributed by atoms with Crippen molar-refractivity contribution in [3.63, 3.8) is 0 Å². The molecule has 2 N–H and O–H groups in total. The zero-order valence-electron chi connectivity index (χ0n) is 20.3. The number of amides is 2. The molecule has 2 amide bonds. The second-order valence-corrected chi connectivity index (χ2v) is 9.49. The summed E-state index contributed by atoms with van der Waals surface area (Å²) in [5.41, 5.74) is 3.21. The number of aryl methyl sites for hydroxylation is 2. The maximum atomic E-state index is 13.0. The molecule has 0 aromatic heterocycles. The van der Waals surface area contributed by atoms with Crippen LogP contribution in [0, 0.1) is 31.1 Å². The minimum atomic E-state index is -1.30. The number of carbonyl (C=O) groups is 3. The van der Waals surface area contributed by atoms with Gasteiger partial charge in [0.1, 0.15) is 11.7 Å². The maximum absolute atomic E-state index is 13.0. The van der Waals surface area contributed by atoms with Crippen molar-refractivity contribution in [3.05, 3.63) is 68.7 Å². The molecule has 0 bridgehead atoms. The smallest absolute Gasteiger partial charge is 0.319 e. The van der Waals surface area contributed by atoms with E-state index in [0.717, 1.165) is 22.9 Å². The van der Waals surface area contributed by atoms with Crippen molar-refractivity contribution in [1.29, 1.82) is 5.26 Å². The molecule has 1 aliphatic rings. The molecule has 10 heteroatoms. The molecule has 0 saturated heterocycles. The van der Waals surface area contributed by atoms with E-state index in [9.17, 15) is 19.6 Å². The number of nitrogens with one attached hydrogen (secondary N) is 2. The normalized spacial score (nSPS) is 17.2. The van der Waals surface area contributed by atoms with Gasteiger partial charge < -0.3 is 20.1 Å². The van der Waals surface area contributed by atoms with Crippen LogP contribution < -0.4 is 15.4 Å². The van der Waals surface area contributed by atoms with Gasteiger partial charge in [-0.25, -0.2) is 0 Å². The fourth-order valence-electron chi connectivity index (χ4n) is 3.86. The molecule has 2 atom stereocenters. The number of methoxy groups -OCH3 is 1. The number of benzene rings is 2. The first kappa shape index (κ1) is 27.1. The third-order valence-electron chi connectivity index (χ3n) is 5.61. The van der Waals surface area contributed by atoms with E-state index in [1.54, 1.807) is 18.2 Å². The summed E-state index contributed by atoms with van der Waals surface area (Å²) < 4.78 is 10.3. The summed E-state index contributed by atoms with van der Waals surface area (Å²) in [4.78, 5) is 38.2. The molecule has 0 saturated carbocycles. The molecule has 8 nitrogen and oxygen atoms in total. The van der Waals surface area contributed by atoms with E-state index in [4.69, 9.17) is 21.1 Å². The van der Waals surface area contributed by atoms with Gasteiger partial charge in [0, 0.05) is 11.6 Å². The van der Waals surface area contributed by atoms with E-state index in [0.29, 0.717) is 23.6 Å². The number of anilines is 1. The standard InChI is InChI=1S/C26H26ClN3O5S/c1-5-35-20-9-8-16(11-18(20)27)22-17(12-28)25(30-24(32)23(22)26(33)34-4)36-13-21(31)29-19-10-14(2)6-7-15(19)3/h6-11,22-23H,5,13H2,1-4H3,(H,29,31)(H,30,32)/t22-,23+/m0/s1. The van der Waals surface area contributed by atoms with Crippen molar-refractivity contribution in [2.45, 2.75) is 26.7 Å². The van der Waals surface area contributed by atoms with E-state index in [1.165, 1.54) is 7.11 Å². The van der Waals surface area contributed by atoms with Crippen molar-refractivity contribution in [3.8, 4) is 11.8 Å². The number of esters is 1. The number of thioether (sulfide) groups is 1. The number of allylic oxidation sites excluding steroid dienone is 1. The Morgan fingerprint density at radius 2 is 1.97 bits per heavy atom. The molecule has 3 rings (SSSR count). The number of halogens is 1. The molecular weight excluding hydrogens is 502 g/mol. The Morgan fingerprint density at radius 1 is 1.22 bits per heavy atom. The van der Waals surface area contributed by atoms with E-state index in [2.05, 4.69) is 16.7 Å². The summed E-state index contributed by atoms with van der Waals surface area (Å²) in [6.45, 7) is 6.04. The monoisotopic (exact) mass is 527 g/mol. The lowest BCUT2D eigenvalue weighted by atomic mass is 9.78. The predicted octanol–water partition coefficient (Wildman–Crippen LogP) is 4.47. The highest BCUT2D eigenvalue weighted by atomic mass is 35.5. The highest BCUT2D eigenvalue weighted by Crippen LogP contribution is 2.42. The lowest BCUT2D eigenvalue weighted by Gasteiger charge is -2.31. The Kier molecular flexibility index (Phi) is 9.02. The predicted molar refractivity (Wildman–Crippen MR) is 139 cm³/mol. The fraction of sp³-hybridized carbons (Fsp3) is 0.308. The van der Waals surface area contributed by atoms with Gasteiger partial charge in [-0.05, 0) is 55.7 Å². The van der Waals surface area contributed by atoms with Crippen molar-refractivity contribution in [2.24, 2.45) is 5.92 Å². The molecule has 0 spiro atoms. The first-order valence-corrected chi connectivity index (χ1v) is 12.5. The Balaban J connectivity index is 1.93. The molecular formula is C26H26ClN3O5S. The molecule has 0 unspecified atom stereocenters. The summed E-state index contributed by atoms with van der Waals surface area (Å²) in [6, 6.07) is 12.7. The third-order valence-corrected chi connectivity index (χ3v) is 6.93.